The van der Waals surface area contributed by atoms with Crippen LogP contribution in [0.5, 0.6) is 11.5 Å². The van der Waals surface area contributed by atoms with Crippen molar-refractivity contribution in [3.8, 4) is 56.3 Å². The lowest BCUT2D eigenvalue weighted by atomic mass is 9.92. The van der Waals surface area contributed by atoms with Crippen LogP contribution in [0.15, 0.2) is 84.9 Å². The predicted octanol–water partition coefficient (Wildman–Crippen LogP) is 17.7. The Labute approximate surface area is 664 Å². The van der Waals surface area contributed by atoms with E-state index in [4.69, 9.17) is 53.1 Å². The second-order valence-electron chi connectivity index (χ2n) is 33.9. The number of amides is 5. The van der Waals surface area contributed by atoms with Gasteiger partial charge in [0, 0.05) is 94.5 Å². The first kappa shape index (κ1) is 77.4. The smallest absolute Gasteiger partial charge is 0.411 e. The van der Waals surface area contributed by atoms with E-state index >= 15 is 0 Å². The van der Waals surface area contributed by atoms with Gasteiger partial charge >= 0.3 is 18.3 Å². The standard InChI is InChI=1S/C48H58N8O9.C40H45N5O3.CH4/c1-23-9-17-35(55(23)45(57)38(25(3)61-5)53-47(59)63-7)43-49-34-16-14-28-20-33-31-15-13-29(19-30(31)22-65-37(33)21-32(28)42(34)52-43)41-40(27-11-12-27)50-44(51-41)36-18-10-24(2)56(36)46(58)39(26(4)62-6)54-48(60)64-8;1-21-6-8-26(16-21)37-42-34(23-9-10-23)35(43-37)25-11-13-28-27(17-25)20-47-33-19-29-24(18-30(28)33)12-14-31-36(29)44-38(41-31)32-15-7-22(2)45(32)39(46)48-40(3,4)5;/h13-16,19-21,23-27,35-36,38-39H,9-12,17-18,22H2,1-8H3,(H,49,52)(H,50,51)(H,53,59)(H,54,60);11-14,17-19,21-23,26,32H,6-10,15-16,20H2,1-5H3,(H,41,44)(H,42,43);1H4/t23-,24-,25+,26+,35-,36-,38-,39-;21-,22-,26+,32-;/m00./s1. The number of hydrogen-bond acceptors (Lipinski definition) is 16. The lowest BCUT2D eigenvalue weighted by Gasteiger charge is -2.33. The number of aromatic amines is 4. The van der Waals surface area contributed by atoms with Gasteiger partial charge in [-0.2, -0.15) is 0 Å². The Hall–Kier alpha value is -10.5. The minimum absolute atomic E-state index is 0. The molecule has 9 heterocycles. The molecule has 5 aliphatic heterocycles. The maximum atomic E-state index is 14.2. The maximum Gasteiger partial charge on any atom is 0.411 e. The van der Waals surface area contributed by atoms with E-state index in [9.17, 15) is 24.0 Å². The Balaban J connectivity index is 0.000000177. The third-order valence-corrected chi connectivity index (χ3v) is 25.0. The molecule has 600 valence electrons. The van der Waals surface area contributed by atoms with Crippen LogP contribution in [0.25, 0.3) is 88.4 Å². The molecule has 18 rings (SSSR count). The number of nitrogens with zero attached hydrogens (tertiary/aromatic N) is 7. The number of imidazole rings is 4. The van der Waals surface area contributed by atoms with Gasteiger partial charge in [0.25, 0.3) is 0 Å². The summed E-state index contributed by atoms with van der Waals surface area (Å²) in [6, 6.07) is 27.5. The number of benzene rings is 6. The van der Waals surface area contributed by atoms with E-state index in [1.54, 1.807) is 18.7 Å². The van der Waals surface area contributed by atoms with Crippen LogP contribution in [0, 0.1) is 5.92 Å². The maximum absolute atomic E-state index is 14.2. The normalized spacial score (nSPS) is 22.7. The molecule has 10 aromatic rings. The number of carbonyl (C=O) groups is 5. The van der Waals surface area contributed by atoms with E-state index in [0.717, 1.165) is 163 Å². The van der Waals surface area contributed by atoms with E-state index in [2.05, 4.69) is 123 Å². The second kappa shape index (κ2) is 30.7. The Bertz CT molecular complexity index is 5390. The number of ether oxygens (including phenoxy) is 7. The number of rotatable bonds is 16. The van der Waals surface area contributed by atoms with Crippen LogP contribution in [-0.4, -0.2) is 161 Å². The van der Waals surface area contributed by atoms with Gasteiger partial charge in [-0.05, 0) is 226 Å². The summed E-state index contributed by atoms with van der Waals surface area (Å²) >= 11 is 0. The molecule has 3 aliphatic carbocycles. The number of aromatic nitrogens is 8. The van der Waals surface area contributed by atoms with E-state index < -0.39 is 42.1 Å². The number of carbonyl (C=O) groups excluding carboxylic acids is 5. The van der Waals surface area contributed by atoms with Crippen molar-refractivity contribution in [3.63, 3.8) is 0 Å². The zero-order valence-corrected chi connectivity index (χ0v) is 66.8. The molecule has 6 fully saturated rings. The molecule has 6 N–H and O–H groups in total. The van der Waals surface area contributed by atoms with E-state index in [1.165, 1.54) is 88.8 Å². The van der Waals surface area contributed by atoms with Crippen molar-refractivity contribution >= 4 is 73.7 Å². The van der Waals surface area contributed by atoms with Crippen molar-refractivity contribution in [3.05, 3.63) is 131 Å². The van der Waals surface area contributed by atoms with Gasteiger partial charge in [0.05, 0.1) is 78.0 Å². The lowest BCUT2D eigenvalue weighted by molar-refractivity contribution is -0.140. The molecule has 25 nitrogen and oxygen atoms in total. The summed E-state index contributed by atoms with van der Waals surface area (Å²) in [5.74, 6) is 6.84. The Morgan fingerprint density at radius 1 is 0.482 bits per heavy atom. The van der Waals surface area contributed by atoms with E-state index in [-0.39, 0.29) is 61.6 Å². The number of methoxy groups -OCH3 is 4. The van der Waals surface area contributed by atoms with Gasteiger partial charge in [-0.1, -0.05) is 50.7 Å². The summed E-state index contributed by atoms with van der Waals surface area (Å²) < 4.78 is 39.4. The van der Waals surface area contributed by atoms with E-state index in [1.807, 2.05) is 50.5 Å². The molecular formula is C89H107N13O12. The molecule has 0 radical (unpaired) electrons. The summed E-state index contributed by atoms with van der Waals surface area (Å²) in [6.07, 6.45) is 10.3. The van der Waals surface area contributed by atoms with Gasteiger partial charge < -0.3 is 73.5 Å². The van der Waals surface area contributed by atoms with Crippen molar-refractivity contribution in [2.24, 2.45) is 5.92 Å². The first-order chi connectivity index (χ1) is 54.4. The molecule has 114 heavy (non-hydrogen) atoms. The van der Waals surface area contributed by atoms with Gasteiger partial charge in [0.1, 0.15) is 65.7 Å². The van der Waals surface area contributed by atoms with Crippen LogP contribution in [-0.2, 0) is 46.5 Å². The molecule has 25 heteroatoms. The van der Waals surface area contributed by atoms with Crippen molar-refractivity contribution in [2.75, 3.05) is 28.4 Å². The quantitative estimate of drug-likeness (QED) is 0.0490. The fraction of sp³-hybridized carbons (Fsp3) is 0.494. The average molecular weight is 1550 g/mol. The Morgan fingerprint density at radius 3 is 1.32 bits per heavy atom. The minimum Gasteiger partial charge on any atom is -0.488 e. The molecule has 3 saturated carbocycles. The van der Waals surface area contributed by atoms with Gasteiger partial charge in [-0.25, -0.2) is 34.3 Å². The molecule has 5 amide bonds. The third kappa shape index (κ3) is 14.4. The van der Waals surface area contributed by atoms with Crippen molar-refractivity contribution in [1.29, 1.82) is 0 Å². The zero-order valence-electron chi connectivity index (χ0n) is 66.8. The number of nitrogens with one attached hydrogen (secondary N) is 6. The van der Waals surface area contributed by atoms with Crippen LogP contribution in [0.3, 0.4) is 0 Å². The molecule has 12 atom stereocenters. The molecule has 6 aromatic carbocycles. The highest BCUT2D eigenvalue weighted by Crippen LogP contribution is 2.51. The molecule has 4 aromatic heterocycles. The van der Waals surface area contributed by atoms with Gasteiger partial charge in [-0.15, -0.1) is 0 Å². The third-order valence-electron chi connectivity index (χ3n) is 25.0. The fourth-order valence-electron chi connectivity index (χ4n) is 18.5. The SMILES string of the molecule is C.COC(=O)N[C@H](C(=O)N1[C@@H](C)CC[C@H]1c1nc(-c2ccc3c(c2)COc2cc4c(ccc5[nH]c([C@@H]6CC[C@H](C)N6C(=O)[C@@H](NC(=O)OC)[C@@H](C)OC)nc54)cc2-3)c(C2CC2)[nH]1)[C@@H](C)OC.C[C@H]1CC[C@@H](c2nc(-c3ccc4c(c3)COc3cc5c(ccc6[nH]c([C@@H]7CC[C@H](C)N7C(=O)OC(C)(C)C)nc65)cc3-4)c(C3CC3)[nH]2)C1. The first-order valence-corrected chi connectivity index (χ1v) is 40.5. The van der Waals surface area contributed by atoms with Crippen molar-refractivity contribution in [2.45, 2.75) is 250 Å². The van der Waals surface area contributed by atoms with Crippen LogP contribution >= 0.6 is 0 Å². The van der Waals surface area contributed by atoms with Gasteiger partial charge in [-0.3, -0.25) is 14.5 Å². The summed E-state index contributed by atoms with van der Waals surface area (Å²) in [6.45, 7) is 18.6. The van der Waals surface area contributed by atoms with Crippen LogP contribution in [0.1, 0.15) is 235 Å². The topological polar surface area (TPSA) is 298 Å². The predicted molar refractivity (Wildman–Crippen MR) is 436 cm³/mol. The number of H-pyrrole nitrogens is 4. The first-order valence-electron chi connectivity index (χ1n) is 40.5. The minimum atomic E-state index is -0.938. The summed E-state index contributed by atoms with van der Waals surface area (Å²) in [7, 11) is 5.56. The van der Waals surface area contributed by atoms with Crippen LogP contribution in [0.2, 0.25) is 0 Å². The molecule has 8 aliphatic rings. The highest BCUT2D eigenvalue weighted by atomic mass is 16.6. The zero-order chi connectivity index (χ0) is 78.7. The highest BCUT2D eigenvalue weighted by Gasteiger charge is 2.46. The number of fused-ring (bicyclic) bond motifs is 12. The highest BCUT2D eigenvalue weighted by molar-refractivity contribution is 6.08. The van der Waals surface area contributed by atoms with Crippen LogP contribution in [0.4, 0.5) is 14.4 Å². The van der Waals surface area contributed by atoms with Crippen molar-refractivity contribution in [1.82, 2.24) is 65.2 Å². The number of hydrogen-bond donors (Lipinski definition) is 6. The Kier molecular flexibility index (Phi) is 20.8. The Morgan fingerprint density at radius 2 is 0.904 bits per heavy atom. The molecular weight excluding hydrogens is 1440 g/mol. The number of alkyl carbamates (subject to hydrolysis) is 2. The fourth-order valence-corrected chi connectivity index (χ4v) is 18.5. The van der Waals surface area contributed by atoms with Crippen LogP contribution < -0.4 is 20.1 Å². The summed E-state index contributed by atoms with van der Waals surface area (Å²) in [5.41, 5.74) is 16.2. The molecule has 0 bridgehead atoms. The van der Waals surface area contributed by atoms with E-state index in [0.29, 0.717) is 43.2 Å². The lowest BCUT2D eigenvalue weighted by Crippen LogP contribution is -2.55. The van der Waals surface area contributed by atoms with Gasteiger partial charge in [0.2, 0.25) is 11.8 Å². The molecule has 0 unspecified atom stereocenters. The second-order valence-corrected chi connectivity index (χ2v) is 33.9. The largest absolute Gasteiger partial charge is 0.488 e. The van der Waals surface area contributed by atoms with Crippen molar-refractivity contribution < 1.29 is 57.1 Å². The number of likely N-dealkylation sites (tertiary alicyclic amines) is 3. The summed E-state index contributed by atoms with van der Waals surface area (Å²) in [4.78, 5) is 107. The molecule has 0 spiro atoms. The van der Waals surface area contributed by atoms with Gasteiger partial charge in [0.15, 0.2) is 0 Å². The monoisotopic (exact) mass is 1550 g/mol. The summed E-state index contributed by atoms with van der Waals surface area (Å²) in [5, 5.41) is 9.45. The average Bonchev–Trinajstić information content (AvgIpc) is 1.37. The molecule has 3 saturated heterocycles.